The molecule has 0 radical (unpaired) electrons. The number of rotatable bonds is 8. The highest BCUT2D eigenvalue weighted by Gasteiger charge is 2.22. The van der Waals surface area contributed by atoms with E-state index in [9.17, 15) is 13.4 Å². The predicted octanol–water partition coefficient (Wildman–Crippen LogP) is 3.55. The molecule has 1 unspecified atom stereocenters. The molecule has 1 aromatic rings. The summed E-state index contributed by atoms with van der Waals surface area (Å²) >= 11 is 1.31. The summed E-state index contributed by atoms with van der Waals surface area (Å²) in [7, 11) is -0.138. The Morgan fingerprint density at radius 1 is 1.38 bits per heavy atom. The van der Waals surface area contributed by atoms with Crippen LogP contribution in [0.5, 0.6) is 0 Å². The summed E-state index contributed by atoms with van der Waals surface area (Å²) in [4.78, 5) is 11.6. The zero-order valence-electron chi connectivity index (χ0n) is 12.4. The van der Waals surface area contributed by atoms with Crippen molar-refractivity contribution in [2.45, 2.75) is 26.7 Å². The lowest BCUT2D eigenvalue weighted by atomic mass is 10.2. The summed E-state index contributed by atoms with van der Waals surface area (Å²) in [5.74, 6) is -0.274. The molecule has 0 aliphatic carbocycles. The molecule has 4 nitrogen and oxygen atoms in total. The number of ether oxygens (including phenoxy) is 1. The molecule has 0 saturated heterocycles. The van der Waals surface area contributed by atoms with Gasteiger partial charge < -0.3 is 4.74 Å². The maximum absolute atomic E-state index is 14.5. The van der Waals surface area contributed by atoms with Crippen LogP contribution in [-0.4, -0.2) is 28.8 Å². The molecule has 1 aromatic carbocycles. The lowest BCUT2D eigenvalue weighted by Crippen LogP contribution is -2.22. The van der Waals surface area contributed by atoms with E-state index in [1.54, 1.807) is 6.07 Å². The third-order valence-electron chi connectivity index (χ3n) is 2.56. The van der Waals surface area contributed by atoms with Crippen molar-refractivity contribution in [3.8, 4) is 0 Å². The minimum atomic E-state index is -1.34. The molecule has 0 saturated carbocycles. The number of nitrogens with zero attached hydrogens (tertiary/aromatic N) is 1. The van der Waals surface area contributed by atoms with Gasteiger partial charge in [-0.2, -0.15) is 0 Å². The quantitative estimate of drug-likeness (QED) is 0.539. The second kappa shape index (κ2) is 9.04. The fourth-order valence-corrected chi connectivity index (χ4v) is 4.02. The number of halogens is 1. The van der Waals surface area contributed by atoms with Gasteiger partial charge in [0, 0.05) is 11.5 Å². The molecule has 1 atom stereocenters. The van der Waals surface area contributed by atoms with Gasteiger partial charge in [-0.1, -0.05) is 19.9 Å². The number of carbonyl (C=O) groups is 1. The van der Waals surface area contributed by atoms with Crippen LogP contribution in [0.1, 0.15) is 37.0 Å². The molecule has 0 aromatic heterocycles. The Hall–Kier alpha value is -1.08. The van der Waals surface area contributed by atoms with Crippen molar-refractivity contribution in [3.05, 3.63) is 29.6 Å². The molecule has 1 rings (SSSR count). The SMILES string of the molecule is CCCSN(c1cccc(C(=O)OC)c1F)S(=O)CCC. The van der Waals surface area contributed by atoms with Crippen molar-refractivity contribution in [2.24, 2.45) is 0 Å². The minimum Gasteiger partial charge on any atom is -0.465 e. The van der Waals surface area contributed by atoms with E-state index in [1.807, 2.05) is 13.8 Å². The molecule has 0 amide bonds. The molecule has 7 heteroatoms. The molecular weight excluding hydrogens is 313 g/mol. The smallest absolute Gasteiger partial charge is 0.340 e. The number of hydrogen-bond acceptors (Lipinski definition) is 4. The van der Waals surface area contributed by atoms with Crippen molar-refractivity contribution in [2.75, 3.05) is 22.3 Å². The lowest BCUT2D eigenvalue weighted by molar-refractivity contribution is 0.0595. The highest BCUT2D eigenvalue weighted by Crippen LogP contribution is 2.30. The number of methoxy groups -OCH3 is 1. The third kappa shape index (κ3) is 4.71. The fraction of sp³-hybridized carbons (Fsp3) is 0.500. The van der Waals surface area contributed by atoms with Gasteiger partial charge in [-0.3, -0.25) is 0 Å². The Labute approximate surface area is 131 Å². The molecule has 0 spiro atoms. The molecule has 0 heterocycles. The molecule has 0 N–H and O–H groups in total. The van der Waals surface area contributed by atoms with E-state index in [0.717, 1.165) is 18.6 Å². The van der Waals surface area contributed by atoms with E-state index in [0.29, 0.717) is 5.75 Å². The lowest BCUT2D eigenvalue weighted by Gasteiger charge is -2.22. The van der Waals surface area contributed by atoms with Crippen LogP contribution in [0.2, 0.25) is 0 Å². The van der Waals surface area contributed by atoms with Crippen molar-refractivity contribution in [1.82, 2.24) is 0 Å². The Bertz CT molecular complexity index is 511. The van der Waals surface area contributed by atoms with E-state index in [1.165, 1.54) is 34.9 Å². The zero-order chi connectivity index (χ0) is 15.8. The summed E-state index contributed by atoms with van der Waals surface area (Å²) in [5.41, 5.74) is 0.00808. The Morgan fingerprint density at radius 3 is 2.67 bits per heavy atom. The van der Waals surface area contributed by atoms with Crippen LogP contribution in [0.4, 0.5) is 10.1 Å². The number of benzene rings is 1. The predicted molar refractivity (Wildman–Crippen MR) is 86.3 cm³/mol. The summed E-state index contributed by atoms with van der Waals surface area (Å²) in [6.45, 7) is 3.91. The molecule has 0 bridgehead atoms. The number of hydrogen-bond donors (Lipinski definition) is 0. The van der Waals surface area contributed by atoms with Gasteiger partial charge in [0.25, 0.3) is 0 Å². The highest BCUT2D eigenvalue weighted by atomic mass is 32.2. The van der Waals surface area contributed by atoms with Crippen molar-refractivity contribution >= 4 is 34.6 Å². The van der Waals surface area contributed by atoms with Crippen LogP contribution in [-0.2, 0) is 15.7 Å². The van der Waals surface area contributed by atoms with Gasteiger partial charge in [0.05, 0.1) is 18.4 Å². The average Bonchev–Trinajstić information content (AvgIpc) is 2.48. The maximum atomic E-state index is 14.5. The topological polar surface area (TPSA) is 46.6 Å². The van der Waals surface area contributed by atoms with E-state index < -0.39 is 22.8 Å². The van der Waals surface area contributed by atoms with Gasteiger partial charge in [-0.25, -0.2) is 17.1 Å². The monoisotopic (exact) mass is 333 g/mol. The average molecular weight is 333 g/mol. The molecule has 21 heavy (non-hydrogen) atoms. The first kappa shape index (κ1) is 18.0. The van der Waals surface area contributed by atoms with Crippen LogP contribution in [0.25, 0.3) is 0 Å². The Morgan fingerprint density at radius 2 is 2.10 bits per heavy atom. The summed E-state index contributed by atoms with van der Waals surface area (Å²) < 4.78 is 32.8. The number of anilines is 1. The standard InChI is InChI=1S/C14H20FNO3S2/c1-4-9-20-16(21(18)10-5-2)12-8-6-7-11(13(12)15)14(17)19-3/h6-8H,4-5,9-10H2,1-3H3. The first-order chi connectivity index (χ1) is 10.1. The Balaban J connectivity index is 3.17. The van der Waals surface area contributed by atoms with Gasteiger partial charge in [0.1, 0.15) is 11.0 Å². The molecule has 0 fully saturated rings. The van der Waals surface area contributed by atoms with E-state index in [4.69, 9.17) is 0 Å². The maximum Gasteiger partial charge on any atom is 0.340 e. The number of esters is 1. The Kier molecular flexibility index (Phi) is 7.74. The first-order valence-electron chi connectivity index (χ1n) is 6.75. The number of carbonyl (C=O) groups excluding carboxylic acids is 1. The van der Waals surface area contributed by atoms with E-state index in [-0.39, 0.29) is 11.3 Å². The van der Waals surface area contributed by atoms with Crippen molar-refractivity contribution in [1.29, 1.82) is 0 Å². The zero-order valence-corrected chi connectivity index (χ0v) is 14.1. The molecule has 118 valence electrons. The summed E-state index contributed by atoms with van der Waals surface area (Å²) in [5, 5.41) is 0. The summed E-state index contributed by atoms with van der Waals surface area (Å²) in [6.07, 6.45) is 1.61. The first-order valence-corrected chi connectivity index (χ1v) is 8.96. The van der Waals surface area contributed by atoms with Gasteiger partial charge >= 0.3 is 5.97 Å². The fourth-order valence-electron chi connectivity index (χ4n) is 1.60. The van der Waals surface area contributed by atoms with Gasteiger partial charge in [0.2, 0.25) is 0 Å². The third-order valence-corrected chi connectivity index (χ3v) is 5.72. The van der Waals surface area contributed by atoms with Gasteiger partial charge in [-0.05, 0) is 36.9 Å². The minimum absolute atomic E-state index is 0.148. The van der Waals surface area contributed by atoms with Crippen molar-refractivity contribution in [3.63, 3.8) is 0 Å². The van der Waals surface area contributed by atoms with Gasteiger partial charge in [0.15, 0.2) is 5.82 Å². The second-order valence-electron chi connectivity index (χ2n) is 4.25. The van der Waals surface area contributed by atoms with E-state index in [2.05, 4.69) is 4.74 Å². The highest BCUT2D eigenvalue weighted by molar-refractivity contribution is 8.12. The molecule has 0 aliphatic rings. The van der Waals surface area contributed by atoms with Crippen LogP contribution in [0, 0.1) is 5.82 Å². The van der Waals surface area contributed by atoms with Crippen molar-refractivity contribution < 1.29 is 18.1 Å². The van der Waals surface area contributed by atoms with Crippen LogP contribution < -0.4 is 3.71 Å². The largest absolute Gasteiger partial charge is 0.465 e. The van der Waals surface area contributed by atoms with Crippen LogP contribution in [0.15, 0.2) is 18.2 Å². The van der Waals surface area contributed by atoms with E-state index >= 15 is 0 Å². The van der Waals surface area contributed by atoms with Crippen LogP contribution in [0.3, 0.4) is 0 Å². The van der Waals surface area contributed by atoms with Crippen LogP contribution >= 0.6 is 11.9 Å². The molecular formula is C14H20FNO3S2. The summed E-state index contributed by atoms with van der Waals surface area (Å²) in [6, 6.07) is 4.45. The molecule has 0 aliphatic heterocycles. The van der Waals surface area contributed by atoms with Gasteiger partial charge in [-0.15, -0.1) is 0 Å². The second-order valence-corrected chi connectivity index (χ2v) is 6.93. The normalized spacial score (nSPS) is 12.0.